The first-order valence-corrected chi connectivity index (χ1v) is 6.75. The maximum Gasteiger partial charge on any atom is 0.137 e. The third-order valence-corrected chi connectivity index (χ3v) is 2.79. The zero-order valence-electron chi connectivity index (χ0n) is 11.6. The van der Waals surface area contributed by atoms with Gasteiger partial charge in [0.05, 0.1) is 0 Å². The van der Waals surface area contributed by atoms with Crippen molar-refractivity contribution in [3.63, 3.8) is 0 Å². The molecule has 0 atom stereocenters. The Balaban J connectivity index is 3.05. The molecular weight excluding hydrogens is 278 g/mol. The Morgan fingerprint density at radius 3 is 2.35 bits per heavy atom. The van der Waals surface area contributed by atoms with Gasteiger partial charge in [0.2, 0.25) is 0 Å². The van der Waals surface area contributed by atoms with Gasteiger partial charge in [0.15, 0.2) is 0 Å². The molecule has 0 amide bonds. The van der Waals surface area contributed by atoms with Crippen molar-refractivity contribution < 1.29 is 0 Å². The van der Waals surface area contributed by atoms with Crippen LogP contribution in [0.5, 0.6) is 0 Å². The summed E-state index contributed by atoms with van der Waals surface area (Å²) in [5.74, 6) is 2.47. The van der Waals surface area contributed by atoms with E-state index < -0.39 is 0 Å². The molecule has 0 N–H and O–H groups in total. The van der Waals surface area contributed by atoms with Gasteiger partial charge in [0, 0.05) is 25.1 Å². The second-order valence-electron chi connectivity index (χ2n) is 5.90. The van der Waals surface area contributed by atoms with Gasteiger partial charge in [-0.15, -0.1) is 0 Å². The monoisotopic (exact) mass is 299 g/mol. The molecular formula is C13H22BrN3. The quantitative estimate of drug-likeness (QED) is 0.798. The molecule has 0 radical (unpaired) electrons. The molecule has 1 rings (SSSR count). The van der Waals surface area contributed by atoms with Crippen LogP contribution >= 0.6 is 15.9 Å². The van der Waals surface area contributed by atoms with Crippen molar-refractivity contribution in [1.82, 2.24) is 9.97 Å². The van der Waals surface area contributed by atoms with E-state index in [9.17, 15) is 0 Å². The minimum Gasteiger partial charge on any atom is -0.359 e. The fraction of sp³-hybridized carbons (Fsp3) is 0.692. The van der Waals surface area contributed by atoms with Crippen LogP contribution in [-0.2, 0) is 5.41 Å². The summed E-state index contributed by atoms with van der Waals surface area (Å²) >= 11 is 3.46. The molecule has 0 aliphatic carbocycles. The molecule has 0 spiro atoms. The molecule has 0 bridgehead atoms. The van der Waals surface area contributed by atoms with E-state index in [1.807, 2.05) is 6.07 Å². The van der Waals surface area contributed by atoms with E-state index in [0.717, 1.165) is 22.8 Å². The molecule has 0 fully saturated rings. The second kappa shape index (κ2) is 5.34. The van der Waals surface area contributed by atoms with Crippen LogP contribution in [0.15, 0.2) is 10.7 Å². The Morgan fingerprint density at radius 2 is 1.88 bits per heavy atom. The van der Waals surface area contributed by atoms with Gasteiger partial charge in [-0.2, -0.15) is 0 Å². The molecule has 17 heavy (non-hydrogen) atoms. The lowest BCUT2D eigenvalue weighted by atomic mass is 9.96. The lowest BCUT2D eigenvalue weighted by Crippen LogP contribution is -2.25. The van der Waals surface area contributed by atoms with Gasteiger partial charge in [0.1, 0.15) is 16.2 Å². The van der Waals surface area contributed by atoms with Crippen LogP contribution in [0.2, 0.25) is 0 Å². The van der Waals surface area contributed by atoms with E-state index in [0.29, 0.717) is 5.92 Å². The Hall–Kier alpha value is -0.640. The number of halogens is 1. The molecule has 0 aliphatic heterocycles. The summed E-state index contributed by atoms with van der Waals surface area (Å²) in [5, 5.41) is 0. The Bertz CT molecular complexity index is 383. The Morgan fingerprint density at radius 1 is 1.29 bits per heavy atom. The van der Waals surface area contributed by atoms with Crippen LogP contribution in [0.3, 0.4) is 0 Å². The molecule has 0 aliphatic rings. The standard InChI is InChI=1S/C13H22BrN3/c1-9(2)8-17(6)11-7-10(14)15-12(16-11)13(3,4)5/h7,9H,8H2,1-6H3. The molecule has 0 aromatic carbocycles. The van der Waals surface area contributed by atoms with Crippen molar-refractivity contribution in [3.05, 3.63) is 16.5 Å². The highest BCUT2D eigenvalue weighted by atomic mass is 79.9. The molecule has 0 saturated carbocycles. The van der Waals surface area contributed by atoms with Crippen LogP contribution in [0.25, 0.3) is 0 Å². The average Bonchev–Trinajstić information content (AvgIpc) is 2.14. The highest BCUT2D eigenvalue weighted by molar-refractivity contribution is 9.10. The lowest BCUT2D eigenvalue weighted by molar-refractivity contribution is 0.541. The van der Waals surface area contributed by atoms with Gasteiger partial charge >= 0.3 is 0 Å². The molecule has 1 aromatic rings. The van der Waals surface area contributed by atoms with E-state index in [2.05, 4.69) is 72.5 Å². The zero-order valence-corrected chi connectivity index (χ0v) is 13.2. The van der Waals surface area contributed by atoms with Gasteiger partial charge in [-0.1, -0.05) is 34.6 Å². The molecule has 3 nitrogen and oxygen atoms in total. The minimum atomic E-state index is -0.0306. The van der Waals surface area contributed by atoms with E-state index in [4.69, 9.17) is 0 Å². The number of hydrogen-bond donors (Lipinski definition) is 0. The van der Waals surface area contributed by atoms with Gasteiger partial charge in [-0.25, -0.2) is 9.97 Å². The summed E-state index contributed by atoms with van der Waals surface area (Å²) in [6.45, 7) is 11.8. The molecule has 1 heterocycles. The predicted molar refractivity (Wildman–Crippen MR) is 76.5 cm³/mol. The normalized spacial score (nSPS) is 12.0. The number of nitrogens with zero attached hydrogens (tertiary/aromatic N) is 3. The summed E-state index contributed by atoms with van der Waals surface area (Å²) in [5.41, 5.74) is -0.0306. The van der Waals surface area contributed by atoms with E-state index in [-0.39, 0.29) is 5.41 Å². The van der Waals surface area contributed by atoms with E-state index in [1.165, 1.54) is 0 Å². The average molecular weight is 300 g/mol. The fourth-order valence-corrected chi connectivity index (χ4v) is 1.95. The summed E-state index contributed by atoms with van der Waals surface area (Å²) in [6.07, 6.45) is 0. The Labute approximate surface area is 113 Å². The van der Waals surface area contributed by atoms with Gasteiger partial charge in [-0.3, -0.25) is 0 Å². The van der Waals surface area contributed by atoms with Gasteiger partial charge < -0.3 is 4.90 Å². The van der Waals surface area contributed by atoms with Crippen molar-refractivity contribution in [2.24, 2.45) is 5.92 Å². The third-order valence-electron chi connectivity index (χ3n) is 2.38. The van der Waals surface area contributed by atoms with Crippen molar-refractivity contribution in [2.75, 3.05) is 18.5 Å². The Kier molecular flexibility index (Phi) is 4.53. The van der Waals surface area contributed by atoms with Crippen molar-refractivity contribution >= 4 is 21.7 Å². The van der Waals surface area contributed by atoms with E-state index >= 15 is 0 Å². The minimum absolute atomic E-state index is 0.0306. The van der Waals surface area contributed by atoms with Crippen LogP contribution < -0.4 is 4.90 Å². The first kappa shape index (κ1) is 14.4. The van der Waals surface area contributed by atoms with Crippen molar-refractivity contribution in [1.29, 1.82) is 0 Å². The summed E-state index contributed by atoms with van der Waals surface area (Å²) in [4.78, 5) is 11.3. The number of anilines is 1. The SMILES string of the molecule is CC(C)CN(C)c1cc(Br)nc(C(C)(C)C)n1. The van der Waals surface area contributed by atoms with E-state index in [1.54, 1.807) is 0 Å². The van der Waals surface area contributed by atoms with Crippen LogP contribution in [0.4, 0.5) is 5.82 Å². The maximum absolute atomic E-state index is 4.64. The summed E-state index contributed by atoms with van der Waals surface area (Å²) < 4.78 is 0.850. The van der Waals surface area contributed by atoms with Crippen LogP contribution in [0.1, 0.15) is 40.4 Å². The first-order valence-electron chi connectivity index (χ1n) is 5.96. The van der Waals surface area contributed by atoms with Crippen LogP contribution in [0, 0.1) is 5.92 Å². The highest BCUT2D eigenvalue weighted by Crippen LogP contribution is 2.24. The lowest BCUT2D eigenvalue weighted by Gasteiger charge is -2.23. The topological polar surface area (TPSA) is 29.0 Å². The maximum atomic E-state index is 4.64. The molecule has 4 heteroatoms. The molecule has 0 unspecified atom stereocenters. The third kappa shape index (κ3) is 4.26. The molecule has 96 valence electrons. The molecule has 0 saturated heterocycles. The summed E-state index contributed by atoms with van der Waals surface area (Å²) in [6, 6.07) is 1.97. The molecule has 1 aromatic heterocycles. The fourth-order valence-electron chi connectivity index (χ4n) is 1.58. The smallest absolute Gasteiger partial charge is 0.137 e. The first-order chi connectivity index (χ1) is 7.70. The number of hydrogen-bond acceptors (Lipinski definition) is 3. The van der Waals surface area contributed by atoms with Gasteiger partial charge in [0.25, 0.3) is 0 Å². The number of rotatable bonds is 3. The highest BCUT2D eigenvalue weighted by Gasteiger charge is 2.19. The van der Waals surface area contributed by atoms with Crippen molar-refractivity contribution in [3.8, 4) is 0 Å². The summed E-state index contributed by atoms with van der Waals surface area (Å²) in [7, 11) is 2.07. The van der Waals surface area contributed by atoms with Crippen molar-refractivity contribution in [2.45, 2.75) is 40.0 Å². The predicted octanol–water partition coefficient (Wildman–Crippen LogP) is 3.63. The van der Waals surface area contributed by atoms with Crippen LogP contribution in [-0.4, -0.2) is 23.6 Å². The largest absolute Gasteiger partial charge is 0.359 e. The second-order valence-corrected chi connectivity index (χ2v) is 6.71. The zero-order chi connectivity index (χ0) is 13.2. The number of aromatic nitrogens is 2. The van der Waals surface area contributed by atoms with Gasteiger partial charge in [-0.05, 0) is 21.8 Å².